The summed E-state index contributed by atoms with van der Waals surface area (Å²) in [5.74, 6) is 0.954. The van der Waals surface area contributed by atoms with Crippen LogP contribution < -0.4 is 10.1 Å². The Bertz CT molecular complexity index is 358. The smallest absolute Gasteiger partial charge is 0.123 e. The number of likely N-dealkylation sites (N-methyl/N-ethyl adjacent to an activating group) is 1. The molecule has 1 aromatic carbocycles. The number of rotatable bonds is 9. The van der Waals surface area contributed by atoms with E-state index >= 15 is 0 Å². The Labute approximate surface area is 116 Å². The van der Waals surface area contributed by atoms with Crippen molar-refractivity contribution in [2.45, 2.75) is 19.5 Å². The van der Waals surface area contributed by atoms with Crippen molar-refractivity contribution in [3.63, 3.8) is 0 Å². The van der Waals surface area contributed by atoms with Gasteiger partial charge in [-0.2, -0.15) is 0 Å². The van der Waals surface area contributed by atoms with E-state index in [1.807, 2.05) is 18.2 Å². The third kappa shape index (κ3) is 6.05. The topological polar surface area (TPSA) is 33.7 Å². The second-order valence-corrected chi connectivity index (χ2v) is 4.86. The van der Waals surface area contributed by atoms with Gasteiger partial charge in [0.2, 0.25) is 0 Å². The summed E-state index contributed by atoms with van der Waals surface area (Å²) < 4.78 is 10.5. The first-order valence-electron chi connectivity index (χ1n) is 6.70. The van der Waals surface area contributed by atoms with Gasteiger partial charge in [0.25, 0.3) is 0 Å². The van der Waals surface area contributed by atoms with E-state index in [1.54, 1.807) is 14.2 Å². The lowest BCUT2D eigenvalue weighted by Crippen LogP contribution is -2.36. The Morgan fingerprint density at radius 1 is 1.26 bits per heavy atom. The van der Waals surface area contributed by atoms with Gasteiger partial charge in [-0.1, -0.05) is 18.2 Å². The Hall–Kier alpha value is -1.10. The number of nitrogens with zero attached hydrogens (tertiary/aromatic N) is 1. The first kappa shape index (κ1) is 16.0. The van der Waals surface area contributed by atoms with Crippen LogP contribution in [0, 0.1) is 0 Å². The van der Waals surface area contributed by atoms with Crippen LogP contribution >= 0.6 is 0 Å². The monoisotopic (exact) mass is 266 g/mol. The van der Waals surface area contributed by atoms with Crippen LogP contribution in [0.4, 0.5) is 0 Å². The van der Waals surface area contributed by atoms with Crippen LogP contribution in [0.1, 0.15) is 12.5 Å². The molecule has 0 saturated heterocycles. The average Bonchev–Trinajstić information content (AvgIpc) is 2.39. The molecule has 0 aliphatic rings. The minimum absolute atomic E-state index is 0.393. The molecule has 1 unspecified atom stereocenters. The molecular formula is C15H26N2O2. The van der Waals surface area contributed by atoms with Crippen LogP contribution in [0.5, 0.6) is 5.75 Å². The van der Waals surface area contributed by atoms with Crippen LogP contribution in [0.25, 0.3) is 0 Å². The zero-order valence-corrected chi connectivity index (χ0v) is 12.5. The lowest BCUT2D eigenvalue weighted by molar-refractivity contribution is 0.170. The number of methoxy groups -OCH3 is 2. The van der Waals surface area contributed by atoms with Crippen molar-refractivity contribution >= 4 is 0 Å². The molecule has 1 rings (SSSR count). The van der Waals surface area contributed by atoms with Gasteiger partial charge >= 0.3 is 0 Å². The van der Waals surface area contributed by atoms with E-state index in [2.05, 4.69) is 30.3 Å². The van der Waals surface area contributed by atoms with E-state index in [1.165, 1.54) is 5.56 Å². The van der Waals surface area contributed by atoms with E-state index in [4.69, 9.17) is 9.47 Å². The van der Waals surface area contributed by atoms with Crippen molar-refractivity contribution in [3.8, 4) is 5.75 Å². The van der Waals surface area contributed by atoms with Gasteiger partial charge in [-0.15, -0.1) is 0 Å². The largest absolute Gasteiger partial charge is 0.496 e. The van der Waals surface area contributed by atoms with Gasteiger partial charge < -0.3 is 19.7 Å². The summed E-state index contributed by atoms with van der Waals surface area (Å²) in [5, 5.41) is 3.43. The lowest BCUT2D eigenvalue weighted by atomic mass is 10.2. The number of hydrogen-bond acceptors (Lipinski definition) is 4. The first-order chi connectivity index (χ1) is 9.17. The molecule has 4 heteroatoms. The van der Waals surface area contributed by atoms with Crippen molar-refractivity contribution in [2.75, 3.05) is 41.0 Å². The molecular weight excluding hydrogens is 240 g/mol. The van der Waals surface area contributed by atoms with Crippen LogP contribution in [0.3, 0.4) is 0 Å². The SMILES string of the molecule is COCC(C)NCCN(C)Cc1ccccc1OC. The van der Waals surface area contributed by atoms with Crippen LogP contribution in [0.2, 0.25) is 0 Å². The summed E-state index contributed by atoms with van der Waals surface area (Å²) >= 11 is 0. The summed E-state index contributed by atoms with van der Waals surface area (Å²) in [4.78, 5) is 2.28. The summed E-state index contributed by atoms with van der Waals surface area (Å²) in [6, 6.07) is 8.55. The molecule has 0 aliphatic carbocycles. The third-order valence-corrected chi connectivity index (χ3v) is 3.04. The van der Waals surface area contributed by atoms with E-state index in [0.717, 1.165) is 32.0 Å². The van der Waals surface area contributed by atoms with Gasteiger partial charge in [-0.3, -0.25) is 0 Å². The highest BCUT2D eigenvalue weighted by atomic mass is 16.5. The summed E-state index contributed by atoms with van der Waals surface area (Å²) in [5.41, 5.74) is 1.22. The van der Waals surface area contributed by atoms with Crippen LogP contribution in [-0.4, -0.2) is 51.9 Å². The minimum Gasteiger partial charge on any atom is -0.496 e. The molecule has 0 spiro atoms. The van der Waals surface area contributed by atoms with E-state index in [9.17, 15) is 0 Å². The van der Waals surface area contributed by atoms with Crippen LogP contribution in [0.15, 0.2) is 24.3 Å². The molecule has 4 nitrogen and oxygen atoms in total. The number of nitrogens with one attached hydrogen (secondary N) is 1. The van der Waals surface area contributed by atoms with Crippen molar-refractivity contribution in [2.24, 2.45) is 0 Å². The normalized spacial score (nSPS) is 12.7. The van der Waals surface area contributed by atoms with Gasteiger partial charge in [0.15, 0.2) is 0 Å². The molecule has 0 aliphatic heterocycles. The highest BCUT2D eigenvalue weighted by Gasteiger charge is 2.06. The Morgan fingerprint density at radius 2 is 2.00 bits per heavy atom. The Morgan fingerprint density at radius 3 is 2.68 bits per heavy atom. The lowest BCUT2D eigenvalue weighted by Gasteiger charge is -2.20. The molecule has 0 amide bonds. The van der Waals surface area contributed by atoms with E-state index in [-0.39, 0.29) is 0 Å². The molecule has 0 bridgehead atoms. The van der Waals surface area contributed by atoms with Crippen LogP contribution in [-0.2, 0) is 11.3 Å². The van der Waals surface area contributed by atoms with Crippen molar-refractivity contribution in [1.82, 2.24) is 10.2 Å². The van der Waals surface area contributed by atoms with Gasteiger partial charge in [-0.05, 0) is 20.0 Å². The number of benzene rings is 1. The molecule has 1 N–H and O–H groups in total. The summed E-state index contributed by atoms with van der Waals surface area (Å²) in [6.07, 6.45) is 0. The van der Waals surface area contributed by atoms with Gasteiger partial charge in [-0.25, -0.2) is 0 Å². The maximum atomic E-state index is 5.36. The summed E-state index contributed by atoms with van der Waals surface area (Å²) in [6.45, 7) is 5.71. The van der Waals surface area contributed by atoms with Gasteiger partial charge in [0.1, 0.15) is 5.75 Å². The first-order valence-corrected chi connectivity index (χ1v) is 6.70. The standard InChI is InChI=1S/C15H26N2O2/c1-13(12-18-3)16-9-10-17(2)11-14-7-5-6-8-15(14)19-4/h5-8,13,16H,9-12H2,1-4H3. The maximum Gasteiger partial charge on any atom is 0.123 e. The second-order valence-electron chi connectivity index (χ2n) is 4.86. The summed E-state index contributed by atoms with van der Waals surface area (Å²) in [7, 11) is 5.56. The van der Waals surface area contributed by atoms with E-state index < -0.39 is 0 Å². The molecule has 0 fully saturated rings. The number of ether oxygens (including phenoxy) is 2. The minimum atomic E-state index is 0.393. The molecule has 108 valence electrons. The number of hydrogen-bond donors (Lipinski definition) is 1. The highest BCUT2D eigenvalue weighted by Crippen LogP contribution is 2.18. The molecule has 1 aromatic rings. The zero-order valence-electron chi connectivity index (χ0n) is 12.5. The molecule has 0 heterocycles. The maximum absolute atomic E-state index is 5.36. The molecule has 0 aromatic heterocycles. The molecule has 0 radical (unpaired) electrons. The number of para-hydroxylation sites is 1. The second kappa shape index (κ2) is 8.91. The predicted molar refractivity (Wildman–Crippen MR) is 78.7 cm³/mol. The Kier molecular flexibility index (Phi) is 7.48. The molecule has 0 saturated carbocycles. The molecule has 19 heavy (non-hydrogen) atoms. The third-order valence-electron chi connectivity index (χ3n) is 3.04. The zero-order chi connectivity index (χ0) is 14.1. The van der Waals surface area contributed by atoms with Gasteiger partial charge in [0, 0.05) is 38.3 Å². The average molecular weight is 266 g/mol. The van der Waals surface area contributed by atoms with E-state index in [0.29, 0.717) is 6.04 Å². The fourth-order valence-corrected chi connectivity index (χ4v) is 2.01. The van der Waals surface area contributed by atoms with Crippen molar-refractivity contribution in [1.29, 1.82) is 0 Å². The highest BCUT2D eigenvalue weighted by molar-refractivity contribution is 5.32. The fourth-order valence-electron chi connectivity index (χ4n) is 2.01. The quantitative estimate of drug-likeness (QED) is 0.738. The van der Waals surface area contributed by atoms with Crippen molar-refractivity contribution < 1.29 is 9.47 Å². The fraction of sp³-hybridized carbons (Fsp3) is 0.600. The Balaban J connectivity index is 2.32. The van der Waals surface area contributed by atoms with Crippen molar-refractivity contribution in [3.05, 3.63) is 29.8 Å². The van der Waals surface area contributed by atoms with Gasteiger partial charge in [0.05, 0.1) is 13.7 Å². The predicted octanol–water partition coefficient (Wildman–Crippen LogP) is 1.75. The molecule has 1 atom stereocenters.